The lowest BCUT2D eigenvalue weighted by Gasteiger charge is -2.33. The van der Waals surface area contributed by atoms with Crippen LogP contribution < -0.4 is 10.6 Å². The van der Waals surface area contributed by atoms with Crippen LogP contribution in [0.3, 0.4) is 0 Å². The monoisotopic (exact) mass is 367 g/mol. The fourth-order valence-corrected chi connectivity index (χ4v) is 2.94. The topological polar surface area (TPSA) is 61.4 Å². The molecule has 1 heterocycles. The van der Waals surface area contributed by atoms with Crippen LogP contribution in [0.25, 0.3) is 0 Å². The summed E-state index contributed by atoms with van der Waals surface area (Å²) in [6.07, 6.45) is 2.51. The molecule has 120 valence electrons. The normalized spacial score (nSPS) is 17.9. The molecule has 1 aliphatic rings. The number of likely N-dealkylation sites (tertiary alicyclic amines) is 1. The summed E-state index contributed by atoms with van der Waals surface area (Å²) in [5.41, 5.74) is 0.772. The van der Waals surface area contributed by atoms with E-state index in [0.717, 1.165) is 29.5 Å². The van der Waals surface area contributed by atoms with Crippen molar-refractivity contribution in [2.75, 3.05) is 25.0 Å². The highest BCUT2D eigenvalue weighted by Crippen LogP contribution is 2.23. The average Bonchev–Trinajstić information content (AvgIpc) is 2.55. The zero-order chi connectivity index (χ0) is 15.9. The molecule has 6 heteroatoms. The van der Waals surface area contributed by atoms with Gasteiger partial charge in [-0.2, -0.15) is 0 Å². The van der Waals surface area contributed by atoms with Gasteiger partial charge in [0.15, 0.2) is 0 Å². The molecule has 0 spiro atoms. The number of hydrogen-bond acceptors (Lipinski definition) is 2. The molecule has 5 nitrogen and oxygen atoms in total. The third-order valence-electron chi connectivity index (χ3n) is 3.83. The van der Waals surface area contributed by atoms with Crippen LogP contribution in [0.1, 0.15) is 26.2 Å². The second-order valence-corrected chi connectivity index (χ2v) is 6.38. The van der Waals surface area contributed by atoms with E-state index in [1.807, 2.05) is 36.1 Å². The van der Waals surface area contributed by atoms with Gasteiger partial charge in [-0.1, -0.05) is 19.1 Å². The molecule has 2 rings (SSSR count). The zero-order valence-electron chi connectivity index (χ0n) is 12.8. The quantitative estimate of drug-likeness (QED) is 0.857. The highest BCUT2D eigenvalue weighted by molar-refractivity contribution is 9.10. The van der Waals surface area contributed by atoms with Gasteiger partial charge in [0.05, 0.1) is 5.69 Å². The van der Waals surface area contributed by atoms with Crippen LogP contribution >= 0.6 is 15.9 Å². The standard InChI is InChI=1S/C16H22BrN3O2/c1-2-15(21)18-10-12-6-5-9-20(11-12)16(22)19-14-8-4-3-7-13(14)17/h3-4,7-8,12H,2,5-6,9-11H2,1H3,(H,18,21)(H,19,22). The fraction of sp³-hybridized carbons (Fsp3) is 0.500. The van der Waals surface area contributed by atoms with Gasteiger partial charge < -0.3 is 15.5 Å². The van der Waals surface area contributed by atoms with E-state index in [4.69, 9.17) is 0 Å². The van der Waals surface area contributed by atoms with E-state index in [0.29, 0.717) is 25.4 Å². The molecule has 1 aromatic rings. The van der Waals surface area contributed by atoms with E-state index >= 15 is 0 Å². The maximum atomic E-state index is 12.4. The minimum absolute atomic E-state index is 0.0646. The Hall–Kier alpha value is -1.56. The number of hydrogen-bond donors (Lipinski definition) is 2. The van der Waals surface area contributed by atoms with Gasteiger partial charge in [-0.3, -0.25) is 4.79 Å². The number of para-hydroxylation sites is 1. The lowest BCUT2D eigenvalue weighted by molar-refractivity contribution is -0.121. The highest BCUT2D eigenvalue weighted by atomic mass is 79.9. The van der Waals surface area contributed by atoms with Gasteiger partial charge in [-0.15, -0.1) is 0 Å². The van der Waals surface area contributed by atoms with E-state index in [1.54, 1.807) is 0 Å². The van der Waals surface area contributed by atoms with Crippen LogP contribution in [0, 0.1) is 5.92 Å². The second-order valence-electron chi connectivity index (χ2n) is 5.52. The molecule has 0 bridgehead atoms. The molecule has 1 aromatic carbocycles. The van der Waals surface area contributed by atoms with Crippen molar-refractivity contribution in [3.05, 3.63) is 28.7 Å². The number of carbonyl (C=O) groups excluding carboxylic acids is 2. The molecule has 1 aliphatic heterocycles. The van der Waals surface area contributed by atoms with Crippen molar-refractivity contribution in [2.45, 2.75) is 26.2 Å². The maximum absolute atomic E-state index is 12.4. The number of rotatable bonds is 4. The maximum Gasteiger partial charge on any atom is 0.321 e. The van der Waals surface area contributed by atoms with Gasteiger partial charge >= 0.3 is 6.03 Å². The predicted molar refractivity (Wildman–Crippen MR) is 90.8 cm³/mol. The number of carbonyl (C=O) groups is 2. The number of urea groups is 1. The molecule has 0 aliphatic carbocycles. The Balaban J connectivity index is 1.87. The lowest BCUT2D eigenvalue weighted by atomic mass is 9.98. The summed E-state index contributed by atoms with van der Waals surface area (Å²) in [5, 5.41) is 5.84. The smallest absolute Gasteiger partial charge is 0.321 e. The Morgan fingerprint density at radius 1 is 1.36 bits per heavy atom. The van der Waals surface area contributed by atoms with E-state index < -0.39 is 0 Å². The van der Waals surface area contributed by atoms with Crippen molar-refractivity contribution < 1.29 is 9.59 Å². The number of halogens is 1. The molecular formula is C16H22BrN3O2. The van der Waals surface area contributed by atoms with Gasteiger partial charge in [0, 0.05) is 30.5 Å². The number of nitrogens with one attached hydrogen (secondary N) is 2. The first kappa shape index (κ1) is 16.8. The molecule has 22 heavy (non-hydrogen) atoms. The summed E-state index contributed by atoms with van der Waals surface area (Å²) in [6, 6.07) is 7.48. The van der Waals surface area contributed by atoms with Crippen molar-refractivity contribution >= 4 is 33.6 Å². The number of nitrogens with zero attached hydrogens (tertiary/aromatic N) is 1. The number of amides is 3. The highest BCUT2D eigenvalue weighted by Gasteiger charge is 2.24. The fourth-order valence-electron chi connectivity index (χ4n) is 2.56. The third-order valence-corrected chi connectivity index (χ3v) is 4.52. The van der Waals surface area contributed by atoms with E-state index in [2.05, 4.69) is 26.6 Å². The molecule has 1 unspecified atom stereocenters. The summed E-state index contributed by atoms with van der Waals surface area (Å²) in [7, 11) is 0. The molecule has 2 N–H and O–H groups in total. The predicted octanol–water partition coefficient (Wildman–Crippen LogP) is 3.22. The van der Waals surface area contributed by atoms with Crippen LogP contribution in [0.5, 0.6) is 0 Å². The van der Waals surface area contributed by atoms with Crippen molar-refractivity contribution in [3.63, 3.8) is 0 Å². The molecular weight excluding hydrogens is 346 g/mol. The van der Waals surface area contributed by atoms with E-state index in [9.17, 15) is 9.59 Å². The number of benzene rings is 1. The van der Waals surface area contributed by atoms with Gasteiger partial charge in [-0.05, 0) is 46.8 Å². The minimum atomic E-state index is -0.0848. The van der Waals surface area contributed by atoms with Crippen LogP contribution in [-0.4, -0.2) is 36.5 Å². The second kappa shape index (κ2) is 8.17. The van der Waals surface area contributed by atoms with Gasteiger partial charge in [0.2, 0.25) is 5.91 Å². The minimum Gasteiger partial charge on any atom is -0.356 e. The molecule has 1 atom stereocenters. The molecule has 0 radical (unpaired) electrons. The van der Waals surface area contributed by atoms with Crippen molar-refractivity contribution in [1.82, 2.24) is 10.2 Å². The third kappa shape index (κ3) is 4.73. The van der Waals surface area contributed by atoms with Crippen LogP contribution in [0.15, 0.2) is 28.7 Å². The average molecular weight is 368 g/mol. The first-order valence-electron chi connectivity index (χ1n) is 7.67. The summed E-state index contributed by atoms with van der Waals surface area (Å²) in [4.78, 5) is 25.5. The van der Waals surface area contributed by atoms with Crippen LogP contribution in [-0.2, 0) is 4.79 Å². The number of piperidine rings is 1. The Labute approximate surface area is 139 Å². The van der Waals surface area contributed by atoms with Crippen molar-refractivity contribution in [1.29, 1.82) is 0 Å². The summed E-state index contributed by atoms with van der Waals surface area (Å²) in [6.45, 7) is 3.92. The van der Waals surface area contributed by atoms with Crippen LogP contribution in [0.2, 0.25) is 0 Å². The van der Waals surface area contributed by atoms with Gasteiger partial charge in [0.25, 0.3) is 0 Å². The summed E-state index contributed by atoms with van der Waals surface area (Å²) in [5.74, 6) is 0.393. The molecule has 3 amide bonds. The molecule has 0 aromatic heterocycles. The van der Waals surface area contributed by atoms with E-state index in [-0.39, 0.29) is 11.9 Å². The largest absolute Gasteiger partial charge is 0.356 e. The Bertz CT molecular complexity index is 536. The zero-order valence-corrected chi connectivity index (χ0v) is 14.4. The lowest BCUT2D eigenvalue weighted by Crippen LogP contribution is -2.45. The van der Waals surface area contributed by atoms with E-state index in [1.165, 1.54) is 0 Å². The van der Waals surface area contributed by atoms with Gasteiger partial charge in [-0.25, -0.2) is 4.79 Å². The van der Waals surface area contributed by atoms with Crippen molar-refractivity contribution in [3.8, 4) is 0 Å². The van der Waals surface area contributed by atoms with Gasteiger partial charge in [0.1, 0.15) is 0 Å². The van der Waals surface area contributed by atoms with Crippen molar-refractivity contribution in [2.24, 2.45) is 5.92 Å². The Kier molecular flexibility index (Phi) is 6.24. The molecule has 1 saturated heterocycles. The Morgan fingerprint density at radius 3 is 2.86 bits per heavy atom. The Morgan fingerprint density at radius 2 is 2.14 bits per heavy atom. The molecule has 1 fully saturated rings. The van der Waals surface area contributed by atoms with Crippen LogP contribution in [0.4, 0.5) is 10.5 Å². The molecule has 0 saturated carbocycles. The summed E-state index contributed by atoms with van der Waals surface area (Å²) < 4.78 is 0.868. The summed E-state index contributed by atoms with van der Waals surface area (Å²) >= 11 is 3.43. The number of anilines is 1. The first-order valence-corrected chi connectivity index (χ1v) is 8.46. The SMILES string of the molecule is CCC(=O)NCC1CCCN(C(=O)Nc2ccccc2Br)C1. The first-order chi connectivity index (χ1) is 10.6.